The van der Waals surface area contributed by atoms with Gasteiger partial charge in [-0.25, -0.2) is 0 Å². The maximum absolute atomic E-state index is 12.8. The van der Waals surface area contributed by atoms with Gasteiger partial charge in [0.15, 0.2) is 11.5 Å². The van der Waals surface area contributed by atoms with Crippen LogP contribution in [-0.4, -0.2) is 43.5 Å². The Hall–Kier alpha value is -3.03. The predicted octanol–water partition coefficient (Wildman–Crippen LogP) is 4.55. The van der Waals surface area contributed by atoms with Crippen LogP contribution in [0.25, 0.3) is 10.4 Å². The van der Waals surface area contributed by atoms with Crippen LogP contribution in [0.2, 0.25) is 5.02 Å². The molecule has 0 fully saturated rings. The molecule has 154 valence electrons. The molecule has 30 heavy (non-hydrogen) atoms. The predicted molar refractivity (Wildman–Crippen MR) is 118 cm³/mol. The molecular weight excluding hydrogens is 424 g/mol. The van der Waals surface area contributed by atoms with Crippen LogP contribution in [0.5, 0.6) is 11.5 Å². The number of para-hydroxylation sites is 1. The van der Waals surface area contributed by atoms with E-state index in [0.29, 0.717) is 34.6 Å². The van der Waals surface area contributed by atoms with E-state index < -0.39 is 0 Å². The number of rotatable bonds is 5. The number of ether oxygens (including phenoxy) is 2. The van der Waals surface area contributed by atoms with Crippen LogP contribution in [0.1, 0.15) is 9.67 Å². The number of amides is 2. The molecule has 1 aromatic heterocycles. The SMILES string of the molecule is CN(CC(=O)Nc1ccccc1Cl)C(=O)c1ccc(-c2ccc3c(c2)OCCO3)s1. The van der Waals surface area contributed by atoms with Gasteiger partial charge in [0, 0.05) is 11.9 Å². The highest BCUT2D eigenvalue weighted by Gasteiger charge is 2.19. The fourth-order valence-corrected chi connectivity index (χ4v) is 4.21. The number of nitrogens with one attached hydrogen (secondary N) is 1. The molecule has 0 unspecified atom stereocenters. The van der Waals surface area contributed by atoms with Crippen LogP contribution < -0.4 is 14.8 Å². The van der Waals surface area contributed by atoms with Crippen molar-refractivity contribution < 1.29 is 19.1 Å². The quantitative estimate of drug-likeness (QED) is 0.629. The molecule has 6 nitrogen and oxygen atoms in total. The maximum Gasteiger partial charge on any atom is 0.264 e. The third-order valence-electron chi connectivity index (χ3n) is 4.52. The summed E-state index contributed by atoms with van der Waals surface area (Å²) in [5.74, 6) is 0.885. The second kappa shape index (κ2) is 8.77. The minimum Gasteiger partial charge on any atom is -0.486 e. The fraction of sp³-hybridized carbons (Fsp3) is 0.182. The van der Waals surface area contributed by atoms with Gasteiger partial charge in [0.2, 0.25) is 5.91 Å². The maximum atomic E-state index is 12.8. The summed E-state index contributed by atoms with van der Waals surface area (Å²) in [5, 5.41) is 3.17. The van der Waals surface area contributed by atoms with Crippen molar-refractivity contribution in [2.75, 3.05) is 32.1 Å². The Balaban J connectivity index is 1.42. The van der Waals surface area contributed by atoms with E-state index in [2.05, 4.69) is 5.32 Å². The van der Waals surface area contributed by atoms with Gasteiger partial charge in [-0.2, -0.15) is 0 Å². The van der Waals surface area contributed by atoms with Gasteiger partial charge < -0.3 is 19.7 Å². The molecule has 3 aromatic rings. The molecule has 0 atom stereocenters. The van der Waals surface area contributed by atoms with Gasteiger partial charge in [-0.05, 0) is 48.0 Å². The minimum absolute atomic E-state index is 0.0820. The number of likely N-dealkylation sites (N-methyl/N-ethyl adjacent to an activating group) is 1. The van der Waals surface area contributed by atoms with E-state index in [4.69, 9.17) is 21.1 Å². The number of carbonyl (C=O) groups is 2. The summed E-state index contributed by atoms with van der Waals surface area (Å²) in [7, 11) is 1.60. The summed E-state index contributed by atoms with van der Waals surface area (Å²) in [6.07, 6.45) is 0. The zero-order chi connectivity index (χ0) is 21.1. The third kappa shape index (κ3) is 4.42. The summed E-state index contributed by atoms with van der Waals surface area (Å²) in [6.45, 7) is 0.980. The normalized spacial score (nSPS) is 12.3. The first-order valence-electron chi connectivity index (χ1n) is 9.31. The molecule has 0 aliphatic carbocycles. The number of carbonyl (C=O) groups excluding carboxylic acids is 2. The van der Waals surface area contributed by atoms with Gasteiger partial charge in [0.05, 0.1) is 22.1 Å². The minimum atomic E-state index is -0.317. The Labute approximate surface area is 183 Å². The molecule has 2 amide bonds. The van der Waals surface area contributed by atoms with Crippen molar-refractivity contribution >= 4 is 40.4 Å². The average molecular weight is 443 g/mol. The smallest absolute Gasteiger partial charge is 0.264 e. The van der Waals surface area contributed by atoms with Crippen molar-refractivity contribution in [3.8, 4) is 21.9 Å². The molecule has 0 bridgehead atoms. The average Bonchev–Trinajstić information content (AvgIpc) is 3.24. The summed E-state index contributed by atoms with van der Waals surface area (Å²) < 4.78 is 11.2. The first-order chi connectivity index (χ1) is 14.5. The number of benzene rings is 2. The van der Waals surface area contributed by atoms with Gasteiger partial charge >= 0.3 is 0 Å². The van der Waals surface area contributed by atoms with Crippen molar-refractivity contribution in [2.45, 2.75) is 0 Å². The molecule has 8 heteroatoms. The summed E-state index contributed by atoms with van der Waals surface area (Å²) in [4.78, 5) is 27.9. The van der Waals surface area contributed by atoms with Crippen molar-refractivity contribution in [1.82, 2.24) is 4.90 Å². The Kier molecular flexibility index (Phi) is 5.92. The highest BCUT2D eigenvalue weighted by atomic mass is 35.5. The molecule has 1 aliphatic rings. The lowest BCUT2D eigenvalue weighted by Crippen LogP contribution is -2.34. The van der Waals surface area contributed by atoms with Crippen LogP contribution in [0.3, 0.4) is 0 Å². The van der Waals surface area contributed by atoms with Crippen molar-refractivity contribution in [3.05, 3.63) is 64.5 Å². The number of anilines is 1. The van der Waals surface area contributed by atoms with Crippen LogP contribution in [0.15, 0.2) is 54.6 Å². The van der Waals surface area contributed by atoms with Crippen molar-refractivity contribution in [1.29, 1.82) is 0 Å². The van der Waals surface area contributed by atoms with Crippen LogP contribution >= 0.6 is 22.9 Å². The van der Waals surface area contributed by atoms with E-state index in [1.807, 2.05) is 24.3 Å². The number of fused-ring (bicyclic) bond motifs is 1. The molecular formula is C22H19ClN2O4S. The number of hydrogen-bond donors (Lipinski definition) is 1. The lowest BCUT2D eigenvalue weighted by Gasteiger charge is -2.18. The topological polar surface area (TPSA) is 67.9 Å². The van der Waals surface area contributed by atoms with Crippen molar-refractivity contribution in [2.24, 2.45) is 0 Å². The standard InChI is InChI=1S/C22H19ClN2O4S/c1-25(13-21(26)24-16-5-3-2-4-15(16)23)22(27)20-9-8-19(30-20)14-6-7-17-18(12-14)29-11-10-28-17/h2-9,12H,10-11,13H2,1H3,(H,24,26). The largest absolute Gasteiger partial charge is 0.486 e. The number of hydrogen-bond acceptors (Lipinski definition) is 5. The highest BCUT2D eigenvalue weighted by Crippen LogP contribution is 2.37. The number of thiophene rings is 1. The molecule has 0 spiro atoms. The molecule has 1 aliphatic heterocycles. The zero-order valence-corrected chi connectivity index (χ0v) is 17.8. The molecule has 2 aromatic carbocycles. The summed E-state index contributed by atoms with van der Waals surface area (Å²) >= 11 is 7.42. The molecule has 0 saturated heterocycles. The monoisotopic (exact) mass is 442 g/mol. The van der Waals surface area contributed by atoms with Gasteiger partial charge in [-0.1, -0.05) is 23.7 Å². The molecule has 2 heterocycles. The Morgan fingerprint density at radius 3 is 2.63 bits per heavy atom. The first-order valence-corrected chi connectivity index (χ1v) is 10.5. The van der Waals surface area contributed by atoms with Crippen molar-refractivity contribution in [3.63, 3.8) is 0 Å². The third-order valence-corrected chi connectivity index (χ3v) is 5.97. The first kappa shape index (κ1) is 20.3. The second-order valence-corrected chi connectivity index (χ2v) is 8.20. The van der Waals surface area contributed by atoms with Gasteiger partial charge in [-0.3, -0.25) is 9.59 Å². The van der Waals surface area contributed by atoms with Gasteiger partial charge in [0.1, 0.15) is 13.2 Å². The summed E-state index contributed by atoms with van der Waals surface area (Å²) in [5.41, 5.74) is 1.46. The Bertz CT molecular complexity index is 1100. The molecule has 0 radical (unpaired) electrons. The second-order valence-electron chi connectivity index (χ2n) is 6.71. The lowest BCUT2D eigenvalue weighted by atomic mass is 10.1. The van der Waals surface area contributed by atoms with Crippen LogP contribution in [0, 0.1) is 0 Å². The van der Waals surface area contributed by atoms with E-state index in [1.54, 1.807) is 37.4 Å². The fourth-order valence-electron chi connectivity index (χ4n) is 3.03. The van der Waals surface area contributed by atoms with Crippen LogP contribution in [-0.2, 0) is 4.79 Å². The Morgan fingerprint density at radius 1 is 1.07 bits per heavy atom. The highest BCUT2D eigenvalue weighted by molar-refractivity contribution is 7.17. The van der Waals surface area contributed by atoms with Crippen LogP contribution in [0.4, 0.5) is 5.69 Å². The number of nitrogens with zero attached hydrogens (tertiary/aromatic N) is 1. The summed E-state index contributed by atoms with van der Waals surface area (Å²) in [6, 6.07) is 16.3. The Morgan fingerprint density at radius 2 is 1.83 bits per heavy atom. The van der Waals surface area contributed by atoms with E-state index >= 15 is 0 Å². The van der Waals surface area contributed by atoms with Gasteiger partial charge in [0.25, 0.3) is 5.91 Å². The molecule has 0 saturated carbocycles. The molecule has 1 N–H and O–H groups in total. The van der Waals surface area contributed by atoms with E-state index in [0.717, 1.165) is 16.2 Å². The molecule has 4 rings (SSSR count). The van der Waals surface area contributed by atoms with E-state index in [1.165, 1.54) is 16.2 Å². The number of halogens is 1. The van der Waals surface area contributed by atoms with E-state index in [-0.39, 0.29) is 18.4 Å². The zero-order valence-electron chi connectivity index (χ0n) is 16.2. The van der Waals surface area contributed by atoms with Gasteiger partial charge in [-0.15, -0.1) is 11.3 Å². The van der Waals surface area contributed by atoms with E-state index in [9.17, 15) is 9.59 Å². The lowest BCUT2D eigenvalue weighted by molar-refractivity contribution is -0.116.